The van der Waals surface area contributed by atoms with E-state index >= 15 is 0 Å². The second kappa shape index (κ2) is 16.0. The van der Waals surface area contributed by atoms with E-state index in [1.54, 1.807) is 0 Å². The fourth-order valence-electron chi connectivity index (χ4n) is 5.27. The van der Waals surface area contributed by atoms with Crippen LogP contribution in [-0.2, 0) is 40.2 Å². The monoisotopic (exact) mass is 698 g/mol. The first-order chi connectivity index (χ1) is 23.6. The molecule has 0 saturated carbocycles. The van der Waals surface area contributed by atoms with Crippen molar-refractivity contribution in [1.82, 2.24) is 10.6 Å². The number of amides is 2. The summed E-state index contributed by atoms with van der Waals surface area (Å²) in [5, 5.41) is 8.89. The number of benzene rings is 3. The Hall–Kier alpha value is -4.95. The van der Waals surface area contributed by atoms with Gasteiger partial charge in [0.15, 0.2) is 11.8 Å². The summed E-state index contributed by atoms with van der Waals surface area (Å²) in [7, 11) is -2.49. The number of esters is 1. The third kappa shape index (κ3) is 8.94. The van der Waals surface area contributed by atoms with E-state index in [1.165, 1.54) is 0 Å². The van der Waals surface area contributed by atoms with Gasteiger partial charge in [-0.15, -0.1) is 4.53 Å². The molecule has 0 aliphatic carbocycles. The number of aliphatic imine (C=N–C) groups is 2. The highest BCUT2D eigenvalue weighted by molar-refractivity contribution is 8.03. The summed E-state index contributed by atoms with van der Waals surface area (Å²) in [5.74, 6) is -1.24. The van der Waals surface area contributed by atoms with Crippen LogP contribution in [0.15, 0.2) is 111 Å². The molecule has 15 heteroatoms. The summed E-state index contributed by atoms with van der Waals surface area (Å²) in [4.78, 5) is 56.0. The molecule has 3 aromatic rings. The largest absolute Gasteiger partial charge is 0.464 e. The maximum Gasteiger partial charge on any atom is 0.334 e. The number of ether oxygens (including phenoxy) is 1. The van der Waals surface area contributed by atoms with Gasteiger partial charge in [-0.1, -0.05) is 116 Å². The number of hydrogen-bond donors (Lipinski definition) is 2. The van der Waals surface area contributed by atoms with Gasteiger partial charge in [-0.3, -0.25) is 9.59 Å². The molecule has 13 nitrogen and oxygen atoms in total. The lowest BCUT2D eigenvalue weighted by atomic mass is 9.77. The molecule has 1 unspecified atom stereocenters. The van der Waals surface area contributed by atoms with Crippen LogP contribution in [0, 0.1) is 0 Å². The smallest absolute Gasteiger partial charge is 0.334 e. The normalized spacial score (nSPS) is 19.7. The number of carbonyl (C=O) groups excluding carboxylic acids is 3. The summed E-state index contributed by atoms with van der Waals surface area (Å²) < 4.78 is 9.76. The first-order valence-electron chi connectivity index (χ1n) is 15.8. The van der Waals surface area contributed by atoms with E-state index in [4.69, 9.17) is 25.1 Å². The Balaban J connectivity index is 1.51. The van der Waals surface area contributed by atoms with Crippen LogP contribution in [0.25, 0.3) is 10.4 Å². The lowest BCUT2D eigenvalue weighted by molar-refractivity contribution is -0.148. The third-order valence-corrected chi connectivity index (χ3v) is 11.0. The Morgan fingerprint density at radius 1 is 1.00 bits per heavy atom. The van der Waals surface area contributed by atoms with E-state index < -0.39 is 54.3 Å². The molecule has 2 aliphatic heterocycles. The zero-order valence-electron chi connectivity index (χ0n) is 27.5. The van der Waals surface area contributed by atoms with E-state index in [2.05, 4.69) is 44.8 Å². The Labute approximate surface area is 287 Å². The molecule has 2 aliphatic rings. The van der Waals surface area contributed by atoms with Gasteiger partial charge in [0.25, 0.3) is 0 Å². The maximum absolute atomic E-state index is 13.1. The predicted octanol–water partition coefficient (Wildman–Crippen LogP) is 5.05. The van der Waals surface area contributed by atoms with E-state index in [-0.39, 0.29) is 18.8 Å². The van der Waals surface area contributed by atoms with Crippen molar-refractivity contribution in [3.63, 3.8) is 0 Å². The van der Waals surface area contributed by atoms with Gasteiger partial charge in [0, 0.05) is 29.4 Å². The molecule has 0 spiro atoms. The number of amidine groups is 1. The van der Waals surface area contributed by atoms with Crippen molar-refractivity contribution in [1.29, 1.82) is 0 Å². The average Bonchev–Trinajstić information content (AvgIpc) is 3.46. The highest BCUT2D eigenvalue weighted by Crippen LogP contribution is 2.41. The van der Waals surface area contributed by atoms with Crippen LogP contribution in [0.4, 0.5) is 0 Å². The fourth-order valence-corrected chi connectivity index (χ4v) is 7.37. The Kier molecular flexibility index (Phi) is 11.5. The van der Waals surface area contributed by atoms with Crippen molar-refractivity contribution in [2.24, 2.45) is 19.6 Å². The first kappa shape index (κ1) is 35.4. The van der Waals surface area contributed by atoms with Crippen LogP contribution in [0.1, 0.15) is 23.1 Å². The van der Waals surface area contributed by atoms with Gasteiger partial charge in [0.05, 0.1) is 18.8 Å². The third-order valence-electron chi connectivity index (χ3n) is 7.79. The number of nitrogens with one attached hydrogen (secondary N) is 2. The van der Waals surface area contributed by atoms with Crippen molar-refractivity contribution < 1.29 is 24.0 Å². The number of rotatable bonds is 14. The van der Waals surface area contributed by atoms with Crippen LogP contribution in [0.5, 0.6) is 0 Å². The summed E-state index contributed by atoms with van der Waals surface area (Å²) in [6.45, 7) is 6.55. The van der Waals surface area contributed by atoms with Crippen molar-refractivity contribution >= 4 is 47.4 Å². The van der Waals surface area contributed by atoms with Gasteiger partial charge >= 0.3 is 5.97 Å². The highest BCUT2D eigenvalue weighted by Gasteiger charge is 2.41. The van der Waals surface area contributed by atoms with Crippen LogP contribution < -0.4 is 10.6 Å². The van der Waals surface area contributed by atoms with Gasteiger partial charge in [-0.2, -0.15) is 0 Å². The number of β-lactam (4-membered cyclic amide) rings is 1. The summed E-state index contributed by atoms with van der Waals surface area (Å²) in [6, 6.07) is 29.4. The second-order valence-corrected chi connectivity index (χ2v) is 19.8. The number of hydrogen-bond acceptors (Lipinski definition) is 8. The lowest BCUT2D eigenvalue weighted by Crippen LogP contribution is -2.68. The number of carbonyl (C=O) groups is 3. The zero-order valence-corrected chi connectivity index (χ0v) is 29.3. The molecule has 2 N–H and O–H groups in total. The summed E-state index contributed by atoms with van der Waals surface area (Å²) >= 11 is 0. The first-order valence-corrected chi connectivity index (χ1v) is 20.8. The number of nitrogens with zero attached hydrogens (tertiary/aromatic N) is 6. The van der Waals surface area contributed by atoms with Gasteiger partial charge < -0.3 is 15.4 Å². The molecule has 49 heavy (non-hydrogen) atoms. The van der Waals surface area contributed by atoms with Crippen molar-refractivity contribution in [2.45, 2.75) is 49.9 Å². The van der Waals surface area contributed by atoms with Crippen molar-refractivity contribution in [3.05, 3.63) is 118 Å². The molecule has 1 fully saturated rings. The standard InChI is InChI=1S/C34H38N8O5SSi/c1-49(2,3)20-19-46-29(44)22-47-42-48-23-27(21-28(43)37-30-31(40-41-35)38-32(30)45)36-33(48)39-34(24-13-7-4-8-14-24,25-15-9-5-10-16-25)26-17-11-6-12-18-26/h4-18,30-31H,19-23H2,1-3H3,(H,37,43)(H,38,45)/t30-,31+,48?/m1/s1. The second-order valence-electron chi connectivity index (χ2n) is 12.6. The van der Waals surface area contributed by atoms with Crippen molar-refractivity contribution in [3.8, 4) is 0 Å². The highest BCUT2D eigenvalue weighted by atomic mass is 32.2. The van der Waals surface area contributed by atoms with E-state index in [1.807, 2.05) is 91.0 Å². The Morgan fingerprint density at radius 3 is 2.08 bits per heavy atom. The molecule has 254 valence electrons. The average molecular weight is 699 g/mol. The minimum Gasteiger partial charge on any atom is -0.464 e. The molecule has 5 rings (SSSR count). The van der Waals surface area contributed by atoms with E-state index in [0.717, 1.165) is 22.7 Å². The Bertz CT molecular complexity index is 1710. The minimum absolute atomic E-state index is 0.154. The molecular formula is C34H38N8O5SSi. The molecule has 0 aromatic heterocycles. The summed E-state index contributed by atoms with van der Waals surface area (Å²) in [6.07, 6.45) is -1.02. The van der Waals surface area contributed by atoms with Crippen LogP contribution >= 0.6 is 0 Å². The van der Waals surface area contributed by atoms with E-state index in [9.17, 15) is 14.4 Å². The SMILES string of the molecule is C[Si](C)(C)CCOC(=O)CON=S1CC(CC(=O)N[C@H]2C(=O)N[C@H]2N=[N+]=[N-])=NC1=NC(c1ccccc1)(c1ccccc1)c1ccccc1. The molecule has 0 bridgehead atoms. The number of azide groups is 1. The molecule has 0 radical (unpaired) electrons. The molecule has 2 amide bonds. The molecule has 3 atom stereocenters. The van der Waals surface area contributed by atoms with Crippen LogP contribution in [0.2, 0.25) is 25.7 Å². The predicted molar refractivity (Wildman–Crippen MR) is 191 cm³/mol. The van der Waals surface area contributed by atoms with Crippen molar-refractivity contribution in [2.75, 3.05) is 19.0 Å². The zero-order chi connectivity index (χ0) is 34.9. The lowest BCUT2D eigenvalue weighted by Gasteiger charge is -2.33. The molecule has 1 saturated heterocycles. The van der Waals surface area contributed by atoms with Gasteiger partial charge in [0.1, 0.15) is 17.7 Å². The topological polar surface area (TPSA) is 180 Å². The van der Waals surface area contributed by atoms with E-state index in [0.29, 0.717) is 17.5 Å². The van der Waals surface area contributed by atoms with Crippen LogP contribution in [-0.4, -0.2) is 67.9 Å². The van der Waals surface area contributed by atoms with Gasteiger partial charge in [-0.25, -0.2) is 19.6 Å². The molecular weight excluding hydrogens is 661 g/mol. The molecule has 2 heterocycles. The minimum atomic E-state index is -1.38. The Morgan fingerprint density at radius 2 is 1.57 bits per heavy atom. The maximum atomic E-state index is 13.1. The molecule has 3 aromatic carbocycles. The van der Waals surface area contributed by atoms with Gasteiger partial charge in [-0.05, 0) is 28.3 Å². The van der Waals surface area contributed by atoms with Crippen LogP contribution in [0.3, 0.4) is 0 Å². The quantitative estimate of drug-likeness (QED) is 0.0349. The van der Waals surface area contributed by atoms with Gasteiger partial charge in [0.2, 0.25) is 11.8 Å². The summed E-state index contributed by atoms with van der Waals surface area (Å²) in [5.41, 5.74) is 10.8. The fraction of sp³-hybridized carbons (Fsp3) is 0.324.